The Bertz CT molecular complexity index is 349. The summed E-state index contributed by atoms with van der Waals surface area (Å²) in [7, 11) is 4.26. The van der Waals surface area contributed by atoms with Crippen molar-refractivity contribution in [3.05, 3.63) is 29.8 Å². The first-order valence-corrected chi connectivity index (χ1v) is 5.78. The predicted octanol–water partition coefficient (Wildman–Crippen LogP) is 2.10. The van der Waals surface area contributed by atoms with E-state index in [2.05, 4.69) is 53.7 Å². The molecule has 1 unspecified atom stereocenters. The van der Waals surface area contributed by atoms with E-state index in [0.29, 0.717) is 0 Å². The van der Waals surface area contributed by atoms with Gasteiger partial charge in [0.2, 0.25) is 0 Å². The second-order valence-corrected chi connectivity index (χ2v) is 4.96. The first kappa shape index (κ1) is 8.78. The van der Waals surface area contributed by atoms with Gasteiger partial charge in [-0.3, -0.25) is 5.01 Å². The van der Waals surface area contributed by atoms with Gasteiger partial charge in [0.25, 0.3) is 0 Å². The first-order valence-electron chi connectivity index (χ1n) is 4.26. The zero-order valence-corrected chi connectivity index (χ0v) is 8.84. The van der Waals surface area contributed by atoms with Gasteiger partial charge < -0.3 is 0 Å². The van der Waals surface area contributed by atoms with E-state index in [1.54, 1.807) is 0 Å². The molecular weight excluding hydrogens is 180 g/mol. The highest BCUT2D eigenvalue weighted by Crippen LogP contribution is 2.35. The summed E-state index contributed by atoms with van der Waals surface area (Å²) in [6.07, 6.45) is 0. The maximum atomic E-state index is 4.14. The van der Waals surface area contributed by atoms with Gasteiger partial charge in [-0.25, -0.2) is 0 Å². The lowest BCUT2D eigenvalue weighted by atomic mass is 10.2. The predicted molar refractivity (Wildman–Crippen MR) is 61.0 cm³/mol. The number of hydrazine groups is 1. The Hall–Kier alpha value is -0.800. The van der Waals surface area contributed by atoms with Crippen LogP contribution in [0.4, 0.5) is 5.69 Å². The molecule has 2 rings (SSSR count). The minimum absolute atomic E-state index is 0.0828. The molecule has 0 N–H and O–H groups in total. The number of fused-ring (bicyclic) bond motifs is 1. The van der Waals surface area contributed by atoms with E-state index < -0.39 is 0 Å². The minimum atomic E-state index is 0.0828. The van der Waals surface area contributed by atoms with Gasteiger partial charge in [-0.2, -0.15) is 4.41 Å². The van der Waals surface area contributed by atoms with Crippen LogP contribution in [0, 0.1) is 0 Å². The molecule has 1 aromatic rings. The van der Waals surface area contributed by atoms with Crippen LogP contribution in [-0.4, -0.2) is 24.4 Å². The Morgan fingerprint density at radius 2 is 2.00 bits per heavy atom. The fourth-order valence-corrected chi connectivity index (χ4v) is 2.77. The Morgan fingerprint density at radius 3 is 2.77 bits per heavy atom. The molecule has 0 bridgehead atoms. The Morgan fingerprint density at radius 1 is 1.31 bits per heavy atom. The summed E-state index contributed by atoms with van der Waals surface area (Å²) < 4.78 is 2.20. The van der Waals surface area contributed by atoms with Crippen molar-refractivity contribution >= 4 is 22.2 Å². The van der Waals surface area contributed by atoms with Crippen molar-refractivity contribution in [2.45, 2.75) is 5.75 Å². The van der Waals surface area contributed by atoms with E-state index in [1.807, 2.05) is 0 Å². The van der Waals surface area contributed by atoms with E-state index in [4.69, 9.17) is 0 Å². The van der Waals surface area contributed by atoms with E-state index >= 15 is 0 Å². The van der Waals surface area contributed by atoms with Crippen molar-refractivity contribution in [3.8, 4) is 0 Å². The van der Waals surface area contributed by atoms with Gasteiger partial charge in [-0.15, -0.1) is 10.7 Å². The minimum Gasteiger partial charge on any atom is -0.300 e. The molecule has 13 heavy (non-hydrogen) atoms. The molecule has 1 aliphatic heterocycles. The normalized spacial score (nSPS) is 22.9. The standard InChI is InChI=1S/C10H14N2S/c1-11-10-7-5-4-6-9(10)8-13(3)12(11)2/h4-7H,3,8H2,1-2H3. The third-order valence-electron chi connectivity index (χ3n) is 2.46. The summed E-state index contributed by atoms with van der Waals surface area (Å²) >= 11 is 0. The van der Waals surface area contributed by atoms with E-state index in [0.717, 1.165) is 5.75 Å². The topological polar surface area (TPSA) is 6.48 Å². The molecule has 1 aliphatic rings. The number of hydrogen-bond donors (Lipinski definition) is 0. The SMILES string of the molecule is C=S1Cc2ccccc2N(C)N1C. The Labute approximate surface area is 81.8 Å². The Balaban J connectivity index is 2.49. The van der Waals surface area contributed by atoms with Crippen molar-refractivity contribution in [1.29, 1.82) is 0 Å². The molecule has 1 heterocycles. The smallest absolute Gasteiger partial charge is 0.0568 e. The molecular formula is C10H14N2S. The van der Waals surface area contributed by atoms with Crippen molar-refractivity contribution in [2.24, 2.45) is 0 Å². The number of nitrogens with zero attached hydrogens (tertiary/aromatic N) is 2. The van der Waals surface area contributed by atoms with Crippen LogP contribution in [0.5, 0.6) is 0 Å². The molecule has 0 saturated heterocycles. The third-order valence-corrected chi connectivity index (χ3v) is 4.10. The number of anilines is 1. The first-order chi connectivity index (χ1) is 6.20. The number of hydrogen-bond acceptors (Lipinski definition) is 2. The highest BCUT2D eigenvalue weighted by atomic mass is 32.2. The molecule has 1 atom stereocenters. The molecule has 70 valence electrons. The van der Waals surface area contributed by atoms with Crippen molar-refractivity contribution in [2.75, 3.05) is 19.1 Å². The van der Waals surface area contributed by atoms with Crippen molar-refractivity contribution < 1.29 is 0 Å². The molecule has 0 aliphatic carbocycles. The van der Waals surface area contributed by atoms with E-state index in [9.17, 15) is 0 Å². The number of benzene rings is 1. The number of rotatable bonds is 0. The van der Waals surface area contributed by atoms with Gasteiger partial charge in [0, 0.05) is 19.8 Å². The third kappa shape index (κ3) is 1.38. The maximum Gasteiger partial charge on any atom is 0.0568 e. The summed E-state index contributed by atoms with van der Waals surface area (Å²) in [5.41, 5.74) is 2.71. The summed E-state index contributed by atoms with van der Waals surface area (Å²) in [5.74, 6) is 5.21. The molecule has 0 fully saturated rings. The highest BCUT2D eigenvalue weighted by Gasteiger charge is 2.19. The molecule has 2 nitrogen and oxygen atoms in total. The molecule has 0 radical (unpaired) electrons. The quantitative estimate of drug-likeness (QED) is 0.584. The van der Waals surface area contributed by atoms with Crippen LogP contribution < -0.4 is 5.01 Å². The highest BCUT2D eigenvalue weighted by molar-refractivity contribution is 8.11. The fourth-order valence-electron chi connectivity index (χ4n) is 1.55. The zero-order chi connectivity index (χ0) is 9.42. The fraction of sp³-hybridized carbons (Fsp3) is 0.300. The Kier molecular flexibility index (Phi) is 2.14. The summed E-state index contributed by atoms with van der Waals surface area (Å²) in [5, 5.41) is 2.18. The summed E-state index contributed by atoms with van der Waals surface area (Å²) in [4.78, 5) is 0. The van der Waals surface area contributed by atoms with Crippen LogP contribution >= 0.6 is 10.7 Å². The molecule has 0 saturated carbocycles. The maximum absolute atomic E-state index is 4.14. The van der Waals surface area contributed by atoms with Gasteiger partial charge in [0.15, 0.2) is 0 Å². The van der Waals surface area contributed by atoms with Gasteiger partial charge in [0.1, 0.15) is 0 Å². The van der Waals surface area contributed by atoms with Gasteiger partial charge in [-0.05, 0) is 11.6 Å². The summed E-state index contributed by atoms with van der Waals surface area (Å²) in [6, 6.07) is 8.51. The van der Waals surface area contributed by atoms with Crippen molar-refractivity contribution in [1.82, 2.24) is 4.41 Å². The zero-order valence-electron chi connectivity index (χ0n) is 8.03. The summed E-state index contributed by atoms with van der Waals surface area (Å²) in [6.45, 7) is 0. The molecule has 1 aromatic carbocycles. The molecule has 3 heteroatoms. The molecule has 0 spiro atoms. The lowest BCUT2D eigenvalue weighted by molar-refractivity contribution is 0.542. The molecule has 0 amide bonds. The second-order valence-electron chi connectivity index (χ2n) is 3.22. The van der Waals surface area contributed by atoms with Crippen LogP contribution in [0.3, 0.4) is 0 Å². The van der Waals surface area contributed by atoms with Crippen LogP contribution in [-0.2, 0) is 5.75 Å². The lowest BCUT2D eigenvalue weighted by Gasteiger charge is -2.38. The lowest BCUT2D eigenvalue weighted by Crippen LogP contribution is -2.36. The second kappa shape index (κ2) is 3.16. The van der Waals surface area contributed by atoms with Gasteiger partial charge in [-0.1, -0.05) is 24.1 Å². The van der Waals surface area contributed by atoms with Crippen LogP contribution in [0.2, 0.25) is 0 Å². The van der Waals surface area contributed by atoms with E-state index in [-0.39, 0.29) is 10.7 Å². The number of para-hydroxylation sites is 1. The average molecular weight is 194 g/mol. The van der Waals surface area contributed by atoms with Crippen molar-refractivity contribution in [3.63, 3.8) is 0 Å². The van der Waals surface area contributed by atoms with E-state index in [1.165, 1.54) is 11.3 Å². The van der Waals surface area contributed by atoms with Crippen LogP contribution in [0.1, 0.15) is 5.56 Å². The van der Waals surface area contributed by atoms with Crippen LogP contribution in [0.15, 0.2) is 24.3 Å². The van der Waals surface area contributed by atoms with Gasteiger partial charge >= 0.3 is 0 Å². The van der Waals surface area contributed by atoms with Crippen LogP contribution in [0.25, 0.3) is 0 Å². The molecule has 0 aromatic heterocycles. The van der Waals surface area contributed by atoms with Gasteiger partial charge in [0.05, 0.1) is 5.69 Å². The largest absolute Gasteiger partial charge is 0.300 e. The monoisotopic (exact) mass is 194 g/mol. The average Bonchev–Trinajstić information content (AvgIpc) is 2.15.